The van der Waals surface area contributed by atoms with Crippen LogP contribution in [0.25, 0.3) is 0 Å². The first-order valence-corrected chi connectivity index (χ1v) is 8.47. The molecule has 3 heteroatoms. The van der Waals surface area contributed by atoms with Crippen molar-refractivity contribution < 1.29 is 0 Å². The first-order valence-electron chi connectivity index (χ1n) is 8.47. The third-order valence-corrected chi connectivity index (χ3v) is 5.18. The lowest BCUT2D eigenvalue weighted by atomic mass is 10.1. The van der Waals surface area contributed by atoms with Gasteiger partial charge in [-0.25, -0.2) is 0 Å². The Morgan fingerprint density at radius 2 is 1.79 bits per heavy atom. The van der Waals surface area contributed by atoms with Gasteiger partial charge in [-0.05, 0) is 45.7 Å². The normalized spacial score (nSPS) is 24.9. The summed E-state index contributed by atoms with van der Waals surface area (Å²) in [5, 5.41) is 3.41. The molecule has 0 aromatic rings. The average molecular weight is 267 g/mol. The van der Waals surface area contributed by atoms with Gasteiger partial charge in [-0.1, -0.05) is 19.8 Å². The molecule has 3 nitrogen and oxygen atoms in total. The monoisotopic (exact) mass is 267 g/mol. The van der Waals surface area contributed by atoms with Gasteiger partial charge in [0.1, 0.15) is 0 Å². The highest BCUT2D eigenvalue weighted by Crippen LogP contribution is 2.24. The Labute approximate surface area is 119 Å². The SMILES string of the molecule is CCC(CCCN1CCN(C2CCCC2)CC1)NC. The molecule has 0 amide bonds. The molecular formula is C16H33N3. The summed E-state index contributed by atoms with van der Waals surface area (Å²) < 4.78 is 0. The fourth-order valence-corrected chi connectivity index (χ4v) is 3.74. The molecule has 1 atom stereocenters. The van der Waals surface area contributed by atoms with Crippen LogP contribution in [0.5, 0.6) is 0 Å². The molecule has 2 aliphatic rings. The Balaban J connectivity index is 1.58. The van der Waals surface area contributed by atoms with Crippen molar-refractivity contribution in [1.82, 2.24) is 15.1 Å². The molecule has 0 aromatic carbocycles. The van der Waals surface area contributed by atoms with Crippen LogP contribution in [-0.4, -0.2) is 61.7 Å². The summed E-state index contributed by atoms with van der Waals surface area (Å²) in [6.07, 6.45) is 9.78. The van der Waals surface area contributed by atoms with Crippen molar-refractivity contribution in [1.29, 1.82) is 0 Å². The molecule has 19 heavy (non-hydrogen) atoms. The van der Waals surface area contributed by atoms with E-state index in [1.807, 2.05) is 0 Å². The van der Waals surface area contributed by atoms with Crippen LogP contribution in [0.3, 0.4) is 0 Å². The molecule has 0 spiro atoms. The summed E-state index contributed by atoms with van der Waals surface area (Å²) in [7, 11) is 2.09. The molecule has 2 rings (SSSR count). The Kier molecular flexibility index (Phi) is 6.62. The fraction of sp³-hybridized carbons (Fsp3) is 1.00. The standard InChI is InChI=1S/C16H33N3/c1-3-15(17-2)7-6-10-18-11-13-19(14-12-18)16-8-4-5-9-16/h15-17H,3-14H2,1-2H3. The van der Waals surface area contributed by atoms with Gasteiger partial charge in [0.15, 0.2) is 0 Å². The highest BCUT2D eigenvalue weighted by Gasteiger charge is 2.25. The Hall–Kier alpha value is -0.120. The molecule has 1 saturated heterocycles. The molecule has 0 radical (unpaired) electrons. The lowest BCUT2D eigenvalue weighted by Gasteiger charge is -2.38. The summed E-state index contributed by atoms with van der Waals surface area (Å²) in [6, 6.07) is 1.65. The lowest BCUT2D eigenvalue weighted by Crippen LogP contribution is -2.49. The Morgan fingerprint density at radius 1 is 1.11 bits per heavy atom. The van der Waals surface area contributed by atoms with Crippen molar-refractivity contribution in [2.24, 2.45) is 0 Å². The molecule has 0 bridgehead atoms. The highest BCUT2D eigenvalue weighted by molar-refractivity contribution is 4.82. The van der Waals surface area contributed by atoms with Crippen molar-refractivity contribution in [3.8, 4) is 0 Å². The minimum atomic E-state index is 0.722. The first kappa shape index (κ1) is 15.3. The van der Waals surface area contributed by atoms with Gasteiger partial charge in [0.2, 0.25) is 0 Å². The van der Waals surface area contributed by atoms with Crippen LogP contribution in [0.15, 0.2) is 0 Å². The van der Waals surface area contributed by atoms with Gasteiger partial charge in [0.05, 0.1) is 0 Å². The molecule has 2 fully saturated rings. The van der Waals surface area contributed by atoms with Crippen molar-refractivity contribution in [2.75, 3.05) is 39.8 Å². The molecule has 1 unspecified atom stereocenters. The summed E-state index contributed by atoms with van der Waals surface area (Å²) in [6.45, 7) is 8.81. The summed E-state index contributed by atoms with van der Waals surface area (Å²) in [5.74, 6) is 0. The summed E-state index contributed by atoms with van der Waals surface area (Å²) in [4.78, 5) is 5.43. The van der Waals surface area contributed by atoms with Crippen LogP contribution < -0.4 is 5.32 Å². The molecule has 1 aliphatic heterocycles. The maximum atomic E-state index is 3.41. The third-order valence-electron chi connectivity index (χ3n) is 5.18. The van der Waals surface area contributed by atoms with E-state index in [4.69, 9.17) is 0 Å². The van der Waals surface area contributed by atoms with Gasteiger partial charge in [0, 0.05) is 38.3 Å². The molecule has 112 valence electrons. The van der Waals surface area contributed by atoms with Crippen LogP contribution in [-0.2, 0) is 0 Å². The predicted molar refractivity (Wildman–Crippen MR) is 82.6 cm³/mol. The van der Waals surface area contributed by atoms with Crippen LogP contribution in [0, 0.1) is 0 Å². The third kappa shape index (κ3) is 4.73. The Bertz CT molecular complexity index is 223. The van der Waals surface area contributed by atoms with Crippen LogP contribution in [0.2, 0.25) is 0 Å². The summed E-state index contributed by atoms with van der Waals surface area (Å²) in [5.41, 5.74) is 0. The largest absolute Gasteiger partial charge is 0.317 e. The number of nitrogens with one attached hydrogen (secondary N) is 1. The van der Waals surface area contributed by atoms with E-state index < -0.39 is 0 Å². The minimum Gasteiger partial charge on any atom is -0.317 e. The molecule has 1 N–H and O–H groups in total. The van der Waals surface area contributed by atoms with Crippen molar-refractivity contribution >= 4 is 0 Å². The highest BCUT2D eigenvalue weighted by atomic mass is 15.3. The molecule has 1 saturated carbocycles. The van der Waals surface area contributed by atoms with E-state index in [0.717, 1.165) is 12.1 Å². The number of hydrogen-bond acceptors (Lipinski definition) is 3. The number of piperazine rings is 1. The smallest absolute Gasteiger partial charge is 0.0113 e. The van der Waals surface area contributed by atoms with E-state index in [0.29, 0.717) is 0 Å². The van der Waals surface area contributed by atoms with Crippen molar-refractivity contribution in [3.05, 3.63) is 0 Å². The Morgan fingerprint density at radius 3 is 2.37 bits per heavy atom. The van der Waals surface area contributed by atoms with E-state index in [2.05, 4.69) is 29.1 Å². The van der Waals surface area contributed by atoms with Gasteiger partial charge in [-0.15, -0.1) is 0 Å². The number of rotatable bonds is 7. The quantitative estimate of drug-likeness (QED) is 0.764. The van der Waals surface area contributed by atoms with E-state index in [1.165, 1.54) is 77.7 Å². The van der Waals surface area contributed by atoms with Gasteiger partial charge in [0.25, 0.3) is 0 Å². The zero-order chi connectivity index (χ0) is 13.5. The fourth-order valence-electron chi connectivity index (χ4n) is 3.74. The number of nitrogens with zero attached hydrogens (tertiary/aromatic N) is 2. The molecular weight excluding hydrogens is 234 g/mol. The number of hydrogen-bond donors (Lipinski definition) is 1. The van der Waals surface area contributed by atoms with E-state index >= 15 is 0 Å². The molecule has 0 aromatic heterocycles. The van der Waals surface area contributed by atoms with E-state index in [-0.39, 0.29) is 0 Å². The van der Waals surface area contributed by atoms with Crippen LogP contribution in [0.4, 0.5) is 0 Å². The van der Waals surface area contributed by atoms with Gasteiger partial charge in [-0.3, -0.25) is 4.90 Å². The second-order valence-electron chi connectivity index (χ2n) is 6.35. The minimum absolute atomic E-state index is 0.722. The zero-order valence-electron chi connectivity index (χ0n) is 13.0. The van der Waals surface area contributed by atoms with Gasteiger partial charge < -0.3 is 10.2 Å². The zero-order valence-corrected chi connectivity index (χ0v) is 13.0. The second-order valence-corrected chi connectivity index (χ2v) is 6.35. The average Bonchev–Trinajstić information content (AvgIpc) is 2.98. The summed E-state index contributed by atoms with van der Waals surface area (Å²) >= 11 is 0. The van der Waals surface area contributed by atoms with Crippen LogP contribution >= 0.6 is 0 Å². The van der Waals surface area contributed by atoms with Crippen molar-refractivity contribution in [2.45, 2.75) is 64.0 Å². The molecule has 1 aliphatic carbocycles. The van der Waals surface area contributed by atoms with Crippen molar-refractivity contribution in [3.63, 3.8) is 0 Å². The van der Waals surface area contributed by atoms with Crippen LogP contribution in [0.1, 0.15) is 51.9 Å². The maximum absolute atomic E-state index is 3.41. The van der Waals surface area contributed by atoms with E-state index in [9.17, 15) is 0 Å². The van der Waals surface area contributed by atoms with E-state index in [1.54, 1.807) is 0 Å². The predicted octanol–water partition coefficient (Wildman–Crippen LogP) is 2.32. The first-order chi connectivity index (χ1) is 9.33. The van der Waals surface area contributed by atoms with Gasteiger partial charge >= 0.3 is 0 Å². The lowest BCUT2D eigenvalue weighted by molar-refractivity contribution is 0.0963. The maximum Gasteiger partial charge on any atom is 0.0113 e. The van der Waals surface area contributed by atoms with Gasteiger partial charge in [-0.2, -0.15) is 0 Å². The topological polar surface area (TPSA) is 18.5 Å². The second kappa shape index (κ2) is 8.23. The molecule has 1 heterocycles.